The highest BCUT2D eigenvalue weighted by molar-refractivity contribution is 7.47. The molecule has 456 valence electrons. The fourth-order valence-corrected chi connectivity index (χ4v) is 7.81. The highest BCUT2D eigenvalue weighted by Crippen LogP contribution is 2.43. The second kappa shape index (κ2) is 61.4. The Bertz CT molecular complexity index is 2120. The summed E-state index contributed by atoms with van der Waals surface area (Å²) in [4.78, 5) is 48.6. The number of unbranched alkanes of at least 4 members (excludes halogenated alkanes) is 4. The molecule has 0 spiro atoms. The number of hydrogen-bond acceptors (Lipinski definition) is 10. The third-order valence-corrected chi connectivity index (χ3v) is 12.5. The lowest BCUT2D eigenvalue weighted by molar-refractivity contribution is -0.161. The first kappa shape index (κ1) is 76.3. The van der Waals surface area contributed by atoms with Crippen LogP contribution in [0.2, 0.25) is 0 Å². The lowest BCUT2D eigenvalue weighted by Crippen LogP contribution is -2.30. The molecule has 3 atom stereocenters. The van der Waals surface area contributed by atoms with Gasteiger partial charge in [-0.3, -0.25) is 23.4 Å². The Morgan fingerprint density at radius 2 is 0.634 bits per heavy atom. The van der Waals surface area contributed by atoms with Crippen molar-refractivity contribution in [2.45, 2.75) is 200 Å². The molecule has 0 fully saturated rings. The van der Waals surface area contributed by atoms with Gasteiger partial charge in [-0.05, 0) is 141 Å². The van der Waals surface area contributed by atoms with Crippen LogP contribution < -0.4 is 0 Å². The number of phosphoric acid groups is 1. The van der Waals surface area contributed by atoms with E-state index in [9.17, 15) is 28.9 Å². The molecule has 2 N–H and O–H groups in total. The van der Waals surface area contributed by atoms with E-state index in [2.05, 4.69) is 191 Å². The largest absolute Gasteiger partial charge is 0.472 e. The van der Waals surface area contributed by atoms with E-state index < -0.39 is 64.4 Å². The minimum atomic E-state index is -4.81. The molecule has 0 saturated carbocycles. The average molecular weight is 1150 g/mol. The summed E-state index contributed by atoms with van der Waals surface area (Å²) in [7, 11) is -4.81. The van der Waals surface area contributed by atoms with Gasteiger partial charge >= 0.3 is 25.7 Å². The number of phosphoric ester groups is 1. The SMILES string of the molecule is CC/C=C\C/C=C\C/C=C\C/C=C\C/C=C\C/C=C\CCC(=O)OCC(COP(=O)(O)OCC(CO)OC(=O)CCC/C=C\C/C=C\C/C=C\C/C=C\C/C=C\CC)OC(=O)CCCCC/C=C\C/C=C\C/C=C\C/C=C\C/C=C\CC. The minimum Gasteiger partial charge on any atom is -0.462 e. The second-order valence-corrected chi connectivity index (χ2v) is 20.5. The molecular weight excluding hydrogens is 1050 g/mol. The van der Waals surface area contributed by atoms with Crippen LogP contribution in [0, 0.1) is 0 Å². The van der Waals surface area contributed by atoms with E-state index in [4.69, 9.17) is 23.3 Å². The zero-order valence-electron chi connectivity index (χ0n) is 50.4. The molecule has 0 radical (unpaired) electrons. The summed E-state index contributed by atoms with van der Waals surface area (Å²) < 4.78 is 39.4. The summed E-state index contributed by atoms with van der Waals surface area (Å²) in [5.74, 6) is -1.70. The van der Waals surface area contributed by atoms with Crippen molar-refractivity contribution >= 4 is 25.7 Å². The van der Waals surface area contributed by atoms with Crippen LogP contribution in [0.4, 0.5) is 0 Å². The maximum atomic E-state index is 12.9. The van der Waals surface area contributed by atoms with Crippen molar-refractivity contribution in [3.63, 3.8) is 0 Å². The number of rotatable bonds is 53. The molecule has 0 aromatic carbocycles. The Hall–Kier alpha value is -5.68. The molecular formula is C70H105O11P. The highest BCUT2D eigenvalue weighted by atomic mass is 31.2. The summed E-state index contributed by atoms with van der Waals surface area (Å²) in [5, 5.41) is 9.83. The van der Waals surface area contributed by atoms with Gasteiger partial charge in [0.2, 0.25) is 0 Å². The number of aliphatic hydroxyl groups is 1. The van der Waals surface area contributed by atoms with Crippen molar-refractivity contribution in [3.8, 4) is 0 Å². The molecule has 0 aromatic heterocycles. The van der Waals surface area contributed by atoms with Crippen molar-refractivity contribution in [3.05, 3.63) is 194 Å². The molecule has 0 aromatic rings. The van der Waals surface area contributed by atoms with E-state index in [0.29, 0.717) is 25.7 Å². The predicted molar refractivity (Wildman–Crippen MR) is 343 cm³/mol. The van der Waals surface area contributed by atoms with E-state index in [-0.39, 0.29) is 19.3 Å². The van der Waals surface area contributed by atoms with E-state index in [1.54, 1.807) is 0 Å². The number of carbonyl (C=O) groups is 3. The number of aliphatic hydroxyl groups excluding tert-OH is 1. The molecule has 11 nitrogen and oxygen atoms in total. The van der Waals surface area contributed by atoms with Crippen LogP contribution in [0.5, 0.6) is 0 Å². The molecule has 3 unspecified atom stereocenters. The molecule has 0 amide bonds. The van der Waals surface area contributed by atoms with Gasteiger partial charge < -0.3 is 24.2 Å². The van der Waals surface area contributed by atoms with E-state index >= 15 is 0 Å². The predicted octanol–water partition coefficient (Wildman–Crippen LogP) is 18.6. The van der Waals surface area contributed by atoms with Crippen molar-refractivity contribution in [2.75, 3.05) is 26.4 Å². The fraction of sp³-hybridized carbons (Fsp3) is 0.500. The van der Waals surface area contributed by atoms with Crippen LogP contribution in [-0.4, -0.2) is 66.5 Å². The average Bonchev–Trinajstić information content (AvgIpc) is 3.47. The van der Waals surface area contributed by atoms with Gasteiger partial charge in [0.15, 0.2) is 6.10 Å². The van der Waals surface area contributed by atoms with Gasteiger partial charge in [-0.25, -0.2) is 4.57 Å². The zero-order valence-corrected chi connectivity index (χ0v) is 51.3. The van der Waals surface area contributed by atoms with Gasteiger partial charge in [0.1, 0.15) is 12.7 Å². The van der Waals surface area contributed by atoms with Crippen molar-refractivity contribution < 1.29 is 52.2 Å². The van der Waals surface area contributed by atoms with Gasteiger partial charge in [-0.15, -0.1) is 0 Å². The second-order valence-electron chi connectivity index (χ2n) is 19.0. The Balaban J connectivity index is 4.98. The highest BCUT2D eigenvalue weighted by Gasteiger charge is 2.28. The van der Waals surface area contributed by atoms with Gasteiger partial charge in [-0.1, -0.05) is 222 Å². The van der Waals surface area contributed by atoms with Crippen LogP contribution in [0.15, 0.2) is 194 Å². The summed E-state index contributed by atoms with van der Waals surface area (Å²) in [6.45, 7) is 4.08. The van der Waals surface area contributed by atoms with Gasteiger partial charge in [0, 0.05) is 19.3 Å². The molecule has 0 aliphatic rings. The smallest absolute Gasteiger partial charge is 0.462 e. The van der Waals surface area contributed by atoms with E-state index in [0.717, 1.165) is 122 Å². The third-order valence-electron chi connectivity index (χ3n) is 11.5. The number of allylic oxidation sites excluding steroid dienone is 32. The van der Waals surface area contributed by atoms with Crippen LogP contribution in [0.3, 0.4) is 0 Å². The van der Waals surface area contributed by atoms with Gasteiger partial charge in [-0.2, -0.15) is 0 Å². The van der Waals surface area contributed by atoms with Crippen molar-refractivity contribution in [1.29, 1.82) is 0 Å². The molecule has 0 rings (SSSR count). The first-order valence-corrected chi connectivity index (χ1v) is 31.8. The first-order chi connectivity index (χ1) is 40.2. The standard InChI is InChI=1S/C70H105O11P/c1-4-7-10-13-16-19-22-25-28-31-33-36-38-41-44-47-50-53-56-59-68(72)77-63-67(81-70(74)61-58-55-52-49-46-43-40-37-34-32-29-26-23-20-17-14-11-8-5-2)65-79-82(75,76)78-64-66(62-71)80-69(73)60-57-54-51-48-45-42-39-35-30-27-24-21-18-15-12-9-6-3/h7-12,16-21,25-30,33-34,36-37,39,41-44,46,48,50-51,53,66-67,71H,4-6,13-15,22-24,31-32,35,38,40,45,47,49,52,54-65H2,1-3H3,(H,75,76)/b10-7-,11-8-,12-9-,19-16-,20-17-,21-18-,28-25-,29-26-,30-27-,36-33-,37-34-,42-39-,44-41-,46-43-,51-48-,53-50-. The van der Waals surface area contributed by atoms with Crippen molar-refractivity contribution in [2.24, 2.45) is 0 Å². The Kier molecular flexibility index (Phi) is 57.1. The lowest BCUT2D eigenvalue weighted by Gasteiger charge is -2.21. The summed E-state index contributed by atoms with van der Waals surface area (Å²) in [6.07, 6.45) is 85.5. The normalized spacial score (nSPS) is 14.6. The fourth-order valence-electron chi connectivity index (χ4n) is 7.03. The maximum absolute atomic E-state index is 12.9. The number of ether oxygens (including phenoxy) is 3. The Morgan fingerprint density at radius 1 is 0.341 bits per heavy atom. The number of carbonyl (C=O) groups excluding carboxylic acids is 3. The first-order valence-electron chi connectivity index (χ1n) is 30.3. The number of esters is 3. The Labute approximate surface area is 496 Å². The molecule has 12 heteroatoms. The third kappa shape index (κ3) is 59.0. The maximum Gasteiger partial charge on any atom is 0.472 e. The van der Waals surface area contributed by atoms with Gasteiger partial charge in [0.25, 0.3) is 0 Å². The Morgan fingerprint density at radius 3 is 0.988 bits per heavy atom. The quantitative estimate of drug-likeness (QED) is 0.0197. The summed E-state index contributed by atoms with van der Waals surface area (Å²) in [6, 6.07) is 0. The molecule has 0 saturated heterocycles. The lowest BCUT2D eigenvalue weighted by atomic mass is 10.1. The summed E-state index contributed by atoms with van der Waals surface area (Å²) in [5.41, 5.74) is 0. The molecule has 82 heavy (non-hydrogen) atoms. The topological polar surface area (TPSA) is 155 Å². The summed E-state index contributed by atoms with van der Waals surface area (Å²) >= 11 is 0. The molecule has 0 aliphatic carbocycles. The molecule has 0 aliphatic heterocycles. The van der Waals surface area contributed by atoms with Crippen molar-refractivity contribution in [1.82, 2.24) is 0 Å². The van der Waals surface area contributed by atoms with Crippen LogP contribution in [0.25, 0.3) is 0 Å². The van der Waals surface area contributed by atoms with E-state index in [1.807, 2.05) is 24.3 Å². The van der Waals surface area contributed by atoms with Crippen LogP contribution in [0.1, 0.15) is 188 Å². The van der Waals surface area contributed by atoms with E-state index in [1.165, 1.54) is 0 Å². The van der Waals surface area contributed by atoms with Crippen LogP contribution >= 0.6 is 7.82 Å². The number of hydrogen-bond donors (Lipinski definition) is 2. The zero-order chi connectivity index (χ0) is 59.8. The molecule has 0 heterocycles. The monoisotopic (exact) mass is 1150 g/mol. The minimum absolute atomic E-state index is 0.0772. The van der Waals surface area contributed by atoms with Crippen LogP contribution in [-0.2, 0) is 42.2 Å². The molecule has 0 bridgehead atoms. The van der Waals surface area contributed by atoms with Gasteiger partial charge in [0.05, 0.1) is 19.8 Å².